The third-order valence-electron chi connectivity index (χ3n) is 3.96. The van der Waals surface area contributed by atoms with Crippen LogP contribution in [0.3, 0.4) is 0 Å². The van der Waals surface area contributed by atoms with Gasteiger partial charge >= 0.3 is 0 Å². The minimum absolute atomic E-state index is 0.183. The lowest BCUT2D eigenvalue weighted by atomic mass is 9.75. The van der Waals surface area contributed by atoms with Gasteiger partial charge in [-0.1, -0.05) is 32.9 Å². The summed E-state index contributed by atoms with van der Waals surface area (Å²) in [5.74, 6) is 1.66. The first-order valence-electron chi connectivity index (χ1n) is 5.35. The van der Waals surface area contributed by atoms with Gasteiger partial charge in [0.15, 0.2) is 0 Å². The second-order valence-corrected chi connectivity index (χ2v) is 4.89. The summed E-state index contributed by atoms with van der Waals surface area (Å²) in [7, 11) is 0. The van der Waals surface area contributed by atoms with Crippen LogP contribution < -0.4 is 0 Å². The van der Waals surface area contributed by atoms with Gasteiger partial charge in [0.1, 0.15) is 0 Å². The molecule has 1 N–H and O–H groups in total. The van der Waals surface area contributed by atoms with E-state index in [1.807, 2.05) is 6.08 Å². The van der Waals surface area contributed by atoms with Gasteiger partial charge in [0, 0.05) is 0 Å². The van der Waals surface area contributed by atoms with E-state index in [4.69, 9.17) is 5.11 Å². The number of hydrogen-bond donors (Lipinski definition) is 1. The molecule has 1 saturated carbocycles. The average molecular weight is 182 g/mol. The minimum atomic E-state index is 0.183. The molecule has 2 atom stereocenters. The number of aliphatic hydroxyl groups excluding tert-OH is 1. The normalized spacial score (nSPS) is 32.9. The molecule has 1 rings (SSSR count). The zero-order valence-electron chi connectivity index (χ0n) is 9.09. The van der Waals surface area contributed by atoms with Crippen molar-refractivity contribution >= 4 is 0 Å². The summed E-state index contributed by atoms with van der Waals surface area (Å²) in [6.07, 6.45) is 7.84. The molecule has 0 aliphatic heterocycles. The quantitative estimate of drug-likeness (QED) is 0.665. The van der Waals surface area contributed by atoms with Crippen LogP contribution in [0.2, 0.25) is 0 Å². The predicted octanol–water partition coefficient (Wildman–Crippen LogP) is 3.00. The Bertz CT molecular complexity index is 182. The third-order valence-corrected chi connectivity index (χ3v) is 3.96. The van der Waals surface area contributed by atoms with E-state index in [-0.39, 0.29) is 6.61 Å². The van der Waals surface area contributed by atoms with Crippen LogP contribution in [0.4, 0.5) is 0 Å². The lowest BCUT2D eigenvalue weighted by Crippen LogP contribution is -2.22. The van der Waals surface area contributed by atoms with Crippen molar-refractivity contribution < 1.29 is 5.11 Å². The van der Waals surface area contributed by atoms with E-state index in [0.29, 0.717) is 5.41 Å². The fourth-order valence-electron chi connectivity index (χ4n) is 2.35. The summed E-state index contributed by atoms with van der Waals surface area (Å²) >= 11 is 0. The first-order valence-corrected chi connectivity index (χ1v) is 5.35. The van der Waals surface area contributed by atoms with Gasteiger partial charge in [-0.15, -0.1) is 0 Å². The molecule has 0 amide bonds. The van der Waals surface area contributed by atoms with Gasteiger partial charge in [-0.05, 0) is 36.5 Å². The van der Waals surface area contributed by atoms with Crippen molar-refractivity contribution in [3.8, 4) is 0 Å². The SMILES string of the molecule is CC1CCC(CC=CCO)C1(C)C. The van der Waals surface area contributed by atoms with E-state index in [1.165, 1.54) is 12.8 Å². The molecular formula is C12H22O. The maximum Gasteiger partial charge on any atom is 0.0612 e. The van der Waals surface area contributed by atoms with Crippen molar-refractivity contribution in [2.24, 2.45) is 17.3 Å². The van der Waals surface area contributed by atoms with E-state index in [0.717, 1.165) is 18.3 Å². The topological polar surface area (TPSA) is 20.2 Å². The van der Waals surface area contributed by atoms with Crippen molar-refractivity contribution in [2.75, 3.05) is 6.61 Å². The van der Waals surface area contributed by atoms with Gasteiger partial charge in [-0.2, -0.15) is 0 Å². The summed E-state index contributed by atoms with van der Waals surface area (Å²) < 4.78 is 0. The molecular weight excluding hydrogens is 160 g/mol. The monoisotopic (exact) mass is 182 g/mol. The smallest absolute Gasteiger partial charge is 0.0612 e. The molecule has 2 unspecified atom stereocenters. The van der Waals surface area contributed by atoms with Crippen molar-refractivity contribution in [2.45, 2.75) is 40.0 Å². The van der Waals surface area contributed by atoms with Gasteiger partial charge < -0.3 is 5.11 Å². The highest BCUT2D eigenvalue weighted by Crippen LogP contribution is 2.48. The maximum atomic E-state index is 8.64. The Balaban J connectivity index is 2.47. The summed E-state index contributed by atoms with van der Waals surface area (Å²) in [6, 6.07) is 0. The number of rotatable bonds is 3. The van der Waals surface area contributed by atoms with E-state index in [1.54, 1.807) is 0 Å². The Hall–Kier alpha value is -0.300. The van der Waals surface area contributed by atoms with Crippen LogP contribution in [0.15, 0.2) is 12.2 Å². The number of allylic oxidation sites excluding steroid dienone is 1. The van der Waals surface area contributed by atoms with Crippen LogP contribution in [0.1, 0.15) is 40.0 Å². The number of hydrogen-bond acceptors (Lipinski definition) is 1. The van der Waals surface area contributed by atoms with E-state index < -0.39 is 0 Å². The summed E-state index contributed by atoms with van der Waals surface area (Å²) in [5, 5.41) is 8.64. The lowest BCUT2D eigenvalue weighted by Gasteiger charge is -2.30. The Kier molecular flexibility index (Phi) is 3.55. The molecule has 13 heavy (non-hydrogen) atoms. The van der Waals surface area contributed by atoms with E-state index >= 15 is 0 Å². The standard InChI is InChI=1S/C12H22O/c1-10-7-8-11(12(10,2)3)6-4-5-9-13/h4-5,10-11,13H,6-9H2,1-3H3. The first-order chi connectivity index (χ1) is 6.09. The summed E-state index contributed by atoms with van der Waals surface area (Å²) in [5.41, 5.74) is 0.486. The molecule has 0 saturated heterocycles. The molecule has 0 bridgehead atoms. The average Bonchev–Trinajstić information content (AvgIpc) is 2.32. The van der Waals surface area contributed by atoms with Gasteiger partial charge in [-0.25, -0.2) is 0 Å². The molecule has 1 aliphatic carbocycles. The highest BCUT2D eigenvalue weighted by Gasteiger charge is 2.39. The molecule has 0 spiro atoms. The van der Waals surface area contributed by atoms with Gasteiger partial charge in [-0.3, -0.25) is 0 Å². The Labute approximate surface area is 81.9 Å². The van der Waals surface area contributed by atoms with Crippen molar-refractivity contribution in [1.29, 1.82) is 0 Å². The zero-order valence-corrected chi connectivity index (χ0v) is 9.09. The highest BCUT2D eigenvalue weighted by atomic mass is 16.2. The zero-order chi connectivity index (χ0) is 9.90. The molecule has 0 aromatic rings. The molecule has 0 aromatic heterocycles. The first kappa shape index (κ1) is 10.8. The van der Waals surface area contributed by atoms with Gasteiger partial charge in [0.2, 0.25) is 0 Å². The molecule has 0 radical (unpaired) electrons. The van der Waals surface area contributed by atoms with Crippen LogP contribution >= 0.6 is 0 Å². The van der Waals surface area contributed by atoms with Crippen molar-refractivity contribution in [3.63, 3.8) is 0 Å². The van der Waals surface area contributed by atoms with Crippen LogP contribution in [-0.2, 0) is 0 Å². The van der Waals surface area contributed by atoms with E-state index in [2.05, 4.69) is 26.8 Å². The van der Waals surface area contributed by atoms with Crippen LogP contribution in [0.5, 0.6) is 0 Å². The summed E-state index contributed by atoms with van der Waals surface area (Å²) in [6.45, 7) is 7.29. The summed E-state index contributed by atoms with van der Waals surface area (Å²) in [4.78, 5) is 0. The van der Waals surface area contributed by atoms with Gasteiger partial charge in [0.25, 0.3) is 0 Å². The molecule has 1 aliphatic rings. The Morgan fingerprint density at radius 2 is 2.00 bits per heavy atom. The van der Waals surface area contributed by atoms with Crippen LogP contribution in [0.25, 0.3) is 0 Å². The number of aliphatic hydroxyl groups is 1. The Morgan fingerprint density at radius 3 is 2.46 bits per heavy atom. The largest absolute Gasteiger partial charge is 0.392 e. The lowest BCUT2D eigenvalue weighted by molar-refractivity contribution is 0.199. The van der Waals surface area contributed by atoms with Gasteiger partial charge in [0.05, 0.1) is 6.61 Å². The van der Waals surface area contributed by atoms with E-state index in [9.17, 15) is 0 Å². The second-order valence-electron chi connectivity index (χ2n) is 4.89. The highest BCUT2D eigenvalue weighted by molar-refractivity contribution is 4.94. The fourth-order valence-corrected chi connectivity index (χ4v) is 2.35. The fraction of sp³-hybridized carbons (Fsp3) is 0.833. The molecule has 1 nitrogen and oxygen atoms in total. The molecule has 76 valence electrons. The van der Waals surface area contributed by atoms with Crippen molar-refractivity contribution in [3.05, 3.63) is 12.2 Å². The molecule has 0 aromatic carbocycles. The molecule has 1 heteroatoms. The minimum Gasteiger partial charge on any atom is -0.392 e. The Morgan fingerprint density at radius 1 is 1.31 bits per heavy atom. The predicted molar refractivity (Wildman–Crippen MR) is 56.5 cm³/mol. The second kappa shape index (κ2) is 4.28. The van der Waals surface area contributed by atoms with Crippen LogP contribution in [0, 0.1) is 17.3 Å². The van der Waals surface area contributed by atoms with Crippen molar-refractivity contribution in [1.82, 2.24) is 0 Å². The molecule has 1 fully saturated rings. The van der Waals surface area contributed by atoms with Crippen LogP contribution in [-0.4, -0.2) is 11.7 Å². The third kappa shape index (κ3) is 2.34. The maximum absolute atomic E-state index is 8.64. The molecule has 0 heterocycles.